The van der Waals surface area contributed by atoms with Crippen LogP contribution in [-0.4, -0.2) is 25.7 Å². The molecule has 2 aliphatic rings. The summed E-state index contributed by atoms with van der Waals surface area (Å²) in [5, 5.41) is 0. The fourth-order valence-corrected chi connectivity index (χ4v) is 3.74. The lowest BCUT2D eigenvalue weighted by Gasteiger charge is -2.32. The molecule has 2 aliphatic heterocycles. The number of benzene rings is 1. The summed E-state index contributed by atoms with van der Waals surface area (Å²) in [6.07, 6.45) is 3.73. The fraction of sp³-hybridized carbons (Fsp3) is 0.562. The molecule has 20 heavy (non-hydrogen) atoms. The number of rotatable bonds is 2. The maximum absolute atomic E-state index is 12.6. The van der Waals surface area contributed by atoms with Crippen molar-refractivity contribution in [1.82, 2.24) is 0 Å². The number of ether oxygens (including phenoxy) is 1. The van der Waals surface area contributed by atoms with E-state index < -0.39 is 0 Å². The van der Waals surface area contributed by atoms with Crippen LogP contribution in [0, 0.1) is 12.8 Å². The van der Waals surface area contributed by atoms with Gasteiger partial charge in [-0.15, -0.1) is 0 Å². The Morgan fingerprint density at radius 2 is 2.35 bits per heavy atom. The lowest BCUT2D eigenvalue weighted by molar-refractivity contribution is -0.119. The molecule has 1 amide bonds. The van der Waals surface area contributed by atoms with Crippen molar-refractivity contribution in [3.05, 3.63) is 27.7 Å². The van der Waals surface area contributed by atoms with Gasteiger partial charge in [0.25, 0.3) is 0 Å². The van der Waals surface area contributed by atoms with Gasteiger partial charge in [-0.2, -0.15) is 0 Å². The van der Waals surface area contributed by atoms with Gasteiger partial charge in [0, 0.05) is 30.7 Å². The van der Waals surface area contributed by atoms with Gasteiger partial charge in [0.05, 0.1) is 5.69 Å². The molecule has 1 aromatic carbocycles. The van der Waals surface area contributed by atoms with E-state index in [4.69, 9.17) is 4.74 Å². The number of nitrogens with zero attached hydrogens (tertiary/aromatic N) is 1. The van der Waals surface area contributed by atoms with Gasteiger partial charge in [-0.1, -0.05) is 22.0 Å². The summed E-state index contributed by atoms with van der Waals surface area (Å²) in [5.41, 5.74) is 3.61. The first-order chi connectivity index (χ1) is 9.66. The van der Waals surface area contributed by atoms with Crippen molar-refractivity contribution in [3.8, 4) is 0 Å². The van der Waals surface area contributed by atoms with Gasteiger partial charge < -0.3 is 9.64 Å². The third kappa shape index (κ3) is 2.63. The Balaban J connectivity index is 1.85. The van der Waals surface area contributed by atoms with Gasteiger partial charge in [0.15, 0.2) is 0 Å². The SMILES string of the molecule is Cc1ccc(Br)c2c1N(C(=O)CC1CCOC1)CCC2. The van der Waals surface area contributed by atoms with Crippen molar-refractivity contribution >= 4 is 27.5 Å². The van der Waals surface area contributed by atoms with E-state index in [2.05, 4.69) is 35.0 Å². The number of hydrogen-bond donors (Lipinski definition) is 0. The molecular formula is C16H20BrNO2. The highest BCUT2D eigenvalue weighted by Gasteiger charge is 2.28. The molecule has 0 N–H and O–H groups in total. The molecule has 4 heteroatoms. The van der Waals surface area contributed by atoms with Gasteiger partial charge in [-0.05, 0) is 49.3 Å². The number of carbonyl (C=O) groups excluding carboxylic acids is 1. The van der Waals surface area contributed by atoms with Crippen LogP contribution in [0.3, 0.4) is 0 Å². The molecule has 108 valence electrons. The Morgan fingerprint density at radius 3 is 3.10 bits per heavy atom. The largest absolute Gasteiger partial charge is 0.381 e. The summed E-state index contributed by atoms with van der Waals surface area (Å²) in [6, 6.07) is 4.18. The van der Waals surface area contributed by atoms with Crippen LogP contribution in [0.1, 0.15) is 30.4 Å². The average molecular weight is 338 g/mol. The highest BCUT2D eigenvalue weighted by atomic mass is 79.9. The van der Waals surface area contributed by atoms with E-state index in [0.717, 1.165) is 49.2 Å². The highest BCUT2D eigenvalue weighted by molar-refractivity contribution is 9.10. The van der Waals surface area contributed by atoms with Gasteiger partial charge in [0.1, 0.15) is 0 Å². The Hall–Kier alpha value is -0.870. The first kappa shape index (κ1) is 14.1. The number of fused-ring (bicyclic) bond motifs is 1. The predicted molar refractivity (Wildman–Crippen MR) is 83.1 cm³/mol. The fourth-order valence-electron chi connectivity index (χ4n) is 3.22. The summed E-state index contributed by atoms with van der Waals surface area (Å²) >= 11 is 3.62. The standard InChI is InChI=1S/C16H20BrNO2/c1-11-4-5-14(17)13-3-2-7-18(16(11)13)15(19)9-12-6-8-20-10-12/h4-5,12H,2-3,6-10H2,1H3. The zero-order valence-electron chi connectivity index (χ0n) is 11.8. The van der Waals surface area contributed by atoms with Gasteiger partial charge in [-0.3, -0.25) is 4.79 Å². The van der Waals surface area contributed by atoms with Gasteiger partial charge in [-0.25, -0.2) is 0 Å². The van der Waals surface area contributed by atoms with E-state index in [1.807, 2.05) is 4.90 Å². The maximum atomic E-state index is 12.6. The lowest BCUT2D eigenvalue weighted by Crippen LogP contribution is -2.37. The van der Waals surface area contributed by atoms with Crippen molar-refractivity contribution in [3.63, 3.8) is 0 Å². The molecule has 3 rings (SSSR count). The smallest absolute Gasteiger partial charge is 0.227 e. The third-order valence-electron chi connectivity index (χ3n) is 4.29. The Labute approximate surface area is 128 Å². The lowest BCUT2D eigenvalue weighted by atomic mass is 9.96. The van der Waals surface area contributed by atoms with Gasteiger partial charge >= 0.3 is 0 Å². The molecular weight excluding hydrogens is 318 g/mol. The summed E-state index contributed by atoms with van der Waals surface area (Å²) in [6.45, 7) is 4.48. The van der Waals surface area contributed by atoms with Crippen LogP contribution < -0.4 is 4.90 Å². The molecule has 1 fully saturated rings. The minimum Gasteiger partial charge on any atom is -0.381 e. The minimum absolute atomic E-state index is 0.252. The van der Waals surface area contributed by atoms with E-state index in [-0.39, 0.29) is 5.91 Å². The number of anilines is 1. The van der Waals surface area contributed by atoms with Crippen LogP contribution in [0.15, 0.2) is 16.6 Å². The maximum Gasteiger partial charge on any atom is 0.227 e. The Kier molecular flexibility index (Phi) is 4.13. The van der Waals surface area contributed by atoms with Crippen LogP contribution in [0.25, 0.3) is 0 Å². The second kappa shape index (κ2) is 5.86. The summed E-state index contributed by atoms with van der Waals surface area (Å²) < 4.78 is 6.50. The molecule has 2 heterocycles. The van der Waals surface area contributed by atoms with Crippen molar-refractivity contribution in [2.45, 2.75) is 32.6 Å². The molecule has 0 saturated carbocycles. The summed E-state index contributed by atoms with van der Waals surface area (Å²) in [4.78, 5) is 14.6. The molecule has 1 atom stereocenters. The van der Waals surface area contributed by atoms with Crippen molar-refractivity contribution < 1.29 is 9.53 Å². The van der Waals surface area contributed by atoms with E-state index in [0.29, 0.717) is 12.3 Å². The molecule has 3 nitrogen and oxygen atoms in total. The minimum atomic E-state index is 0.252. The summed E-state index contributed by atoms with van der Waals surface area (Å²) in [7, 11) is 0. The number of hydrogen-bond acceptors (Lipinski definition) is 2. The van der Waals surface area contributed by atoms with Crippen LogP contribution in [0.5, 0.6) is 0 Å². The number of halogens is 1. The molecule has 1 aromatic rings. The van der Waals surface area contributed by atoms with Crippen molar-refractivity contribution in [2.24, 2.45) is 5.92 Å². The van der Waals surface area contributed by atoms with E-state index in [1.165, 1.54) is 11.1 Å². The average Bonchev–Trinajstić information content (AvgIpc) is 2.95. The molecule has 0 aliphatic carbocycles. The first-order valence-electron chi connectivity index (χ1n) is 7.33. The molecule has 1 unspecified atom stereocenters. The second-order valence-corrected chi connectivity index (χ2v) is 6.63. The van der Waals surface area contributed by atoms with E-state index >= 15 is 0 Å². The molecule has 0 aromatic heterocycles. The van der Waals surface area contributed by atoms with Crippen molar-refractivity contribution in [1.29, 1.82) is 0 Å². The third-order valence-corrected chi connectivity index (χ3v) is 5.04. The topological polar surface area (TPSA) is 29.5 Å². The zero-order chi connectivity index (χ0) is 14.1. The van der Waals surface area contributed by atoms with E-state index in [9.17, 15) is 4.79 Å². The van der Waals surface area contributed by atoms with Crippen molar-refractivity contribution in [2.75, 3.05) is 24.7 Å². The van der Waals surface area contributed by atoms with E-state index in [1.54, 1.807) is 0 Å². The predicted octanol–water partition coefficient (Wildman–Crippen LogP) is 3.46. The number of carbonyl (C=O) groups is 1. The molecule has 0 bridgehead atoms. The number of amides is 1. The van der Waals surface area contributed by atoms with Gasteiger partial charge in [0.2, 0.25) is 5.91 Å². The first-order valence-corrected chi connectivity index (χ1v) is 8.12. The normalized spacial score (nSPS) is 21.9. The van der Waals surface area contributed by atoms with Crippen LogP contribution in [0.2, 0.25) is 0 Å². The quantitative estimate of drug-likeness (QED) is 0.826. The summed E-state index contributed by atoms with van der Waals surface area (Å²) in [5.74, 6) is 0.656. The second-order valence-electron chi connectivity index (χ2n) is 5.77. The monoisotopic (exact) mass is 337 g/mol. The zero-order valence-corrected chi connectivity index (χ0v) is 13.4. The Bertz CT molecular complexity index is 523. The van der Waals surface area contributed by atoms with Crippen LogP contribution >= 0.6 is 15.9 Å². The number of aryl methyl sites for hydroxylation is 1. The molecule has 0 radical (unpaired) electrons. The van der Waals surface area contributed by atoms with Crippen LogP contribution in [-0.2, 0) is 16.0 Å². The molecule has 1 saturated heterocycles. The molecule has 0 spiro atoms. The highest BCUT2D eigenvalue weighted by Crippen LogP contribution is 2.36. The Morgan fingerprint density at radius 1 is 1.50 bits per heavy atom. The van der Waals surface area contributed by atoms with Crippen LogP contribution in [0.4, 0.5) is 5.69 Å².